The Morgan fingerprint density at radius 1 is 0.902 bits per heavy atom. The van der Waals surface area contributed by atoms with Crippen LogP contribution in [0, 0.1) is 0 Å². The van der Waals surface area contributed by atoms with Gasteiger partial charge in [0.1, 0.15) is 6.33 Å². The van der Waals surface area contributed by atoms with Crippen molar-refractivity contribution in [2.24, 2.45) is 0 Å². The number of piperazine rings is 1. The first-order valence-electron chi connectivity index (χ1n) is 14.6. The van der Waals surface area contributed by atoms with E-state index in [1.165, 1.54) is 5.56 Å². The number of imidazole rings is 1. The average molecular weight is 557 g/mol. The van der Waals surface area contributed by atoms with Gasteiger partial charge in [-0.2, -0.15) is 9.97 Å². The molecule has 2 aromatic heterocycles. The lowest BCUT2D eigenvalue weighted by Crippen LogP contribution is -2.46. The minimum absolute atomic E-state index is 0.301. The van der Waals surface area contributed by atoms with Crippen LogP contribution in [0.25, 0.3) is 16.9 Å². The van der Waals surface area contributed by atoms with Crippen LogP contribution in [0.2, 0.25) is 0 Å². The lowest BCUT2D eigenvalue weighted by molar-refractivity contribution is 0.174. The number of fused-ring (bicyclic) bond motifs is 2. The van der Waals surface area contributed by atoms with Gasteiger partial charge in [0.2, 0.25) is 12.7 Å². The molecule has 1 saturated heterocycles. The Bertz CT molecular complexity index is 1460. The first-order chi connectivity index (χ1) is 20.0. The number of anilines is 2. The van der Waals surface area contributed by atoms with Crippen LogP contribution in [-0.4, -0.2) is 87.5 Å². The van der Waals surface area contributed by atoms with Crippen molar-refractivity contribution in [1.82, 2.24) is 29.3 Å². The van der Waals surface area contributed by atoms with E-state index < -0.39 is 0 Å². The molecule has 1 fully saturated rings. The zero-order valence-corrected chi connectivity index (χ0v) is 24.5. The van der Waals surface area contributed by atoms with Crippen molar-refractivity contribution in [3.63, 3.8) is 0 Å². The second-order valence-corrected chi connectivity index (χ2v) is 11.3. The highest BCUT2D eigenvalue weighted by molar-refractivity contribution is 5.85. The highest BCUT2D eigenvalue weighted by atomic mass is 16.7. The molecule has 0 unspecified atom stereocenters. The number of nitrogens with zero attached hydrogens (tertiary/aromatic N) is 7. The van der Waals surface area contributed by atoms with Gasteiger partial charge in [0.15, 0.2) is 28.5 Å². The van der Waals surface area contributed by atoms with Crippen molar-refractivity contribution >= 4 is 22.9 Å². The number of aromatic nitrogens is 4. The van der Waals surface area contributed by atoms with Crippen molar-refractivity contribution in [3.05, 3.63) is 60.4 Å². The van der Waals surface area contributed by atoms with E-state index in [2.05, 4.69) is 76.5 Å². The lowest BCUT2D eigenvalue weighted by Gasteiger charge is -2.35. The van der Waals surface area contributed by atoms with Crippen LogP contribution >= 0.6 is 0 Å². The molecule has 10 heteroatoms. The summed E-state index contributed by atoms with van der Waals surface area (Å²) in [7, 11) is 0. The molecule has 4 aromatic rings. The molecule has 0 atom stereocenters. The van der Waals surface area contributed by atoms with Crippen LogP contribution < -0.4 is 19.7 Å². The van der Waals surface area contributed by atoms with Gasteiger partial charge in [-0.15, -0.1) is 0 Å². The summed E-state index contributed by atoms with van der Waals surface area (Å²) in [6.07, 6.45) is 1.85. The quantitative estimate of drug-likeness (QED) is 0.306. The molecule has 0 bridgehead atoms. The molecule has 0 spiro atoms. The Kier molecular flexibility index (Phi) is 7.93. The number of nitrogens with one attached hydrogen (secondary N) is 1. The number of hydrogen-bond donors (Lipinski definition) is 1. The van der Waals surface area contributed by atoms with Crippen LogP contribution in [0.3, 0.4) is 0 Å². The Morgan fingerprint density at radius 2 is 1.66 bits per heavy atom. The van der Waals surface area contributed by atoms with Crippen LogP contribution in [0.5, 0.6) is 11.5 Å². The summed E-state index contributed by atoms with van der Waals surface area (Å²) in [5.41, 5.74) is 3.87. The van der Waals surface area contributed by atoms with E-state index in [-0.39, 0.29) is 0 Å². The minimum atomic E-state index is 0.301. The maximum atomic E-state index is 5.57. The molecule has 10 nitrogen and oxygen atoms in total. The monoisotopic (exact) mass is 556 g/mol. The van der Waals surface area contributed by atoms with E-state index in [0.717, 1.165) is 85.9 Å². The first kappa shape index (κ1) is 27.3. The summed E-state index contributed by atoms with van der Waals surface area (Å²) in [6.45, 7) is 15.4. The number of hydrogen-bond acceptors (Lipinski definition) is 9. The van der Waals surface area contributed by atoms with Gasteiger partial charge >= 0.3 is 0 Å². The molecule has 6 rings (SSSR count). The van der Waals surface area contributed by atoms with Gasteiger partial charge in [0.05, 0.1) is 0 Å². The molecule has 0 aliphatic carbocycles. The van der Waals surface area contributed by atoms with E-state index in [1.807, 2.05) is 30.6 Å². The summed E-state index contributed by atoms with van der Waals surface area (Å²) in [6, 6.07) is 17.4. The molecule has 41 heavy (non-hydrogen) atoms. The van der Waals surface area contributed by atoms with Crippen LogP contribution in [0.1, 0.15) is 33.3 Å². The largest absolute Gasteiger partial charge is 0.454 e. The smallest absolute Gasteiger partial charge is 0.231 e. The van der Waals surface area contributed by atoms with Crippen molar-refractivity contribution in [3.8, 4) is 17.2 Å². The standard InChI is InChI=1S/C31H40N8O2/c1-22(2)38(23(3)4)13-12-32-29-28-30(39(20-33-28)25-8-6-5-7-9-25)35-31(34-29)37-16-14-36(15-17-37)19-24-10-11-26-27(18-24)41-21-40-26/h5-11,18,20,22-23H,12-17,19,21H2,1-4H3,(H,32,34,35). The van der Waals surface area contributed by atoms with Gasteiger partial charge in [-0.3, -0.25) is 14.4 Å². The molecule has 2 aliphatic heterocycles. The van der Waals surface area contributed by atoms with E-state index >= 15 is 0 Å². The maximum Gasteiger partial charge on any atom is 0.231 e. The zero-order valence-electron chi connectivity index (χ0n) is 24.5. The van der Waals surface area contributed by atoms with Gasteiger partial charge in [-0.25, -0.2) is 4.98 Å². The van der Waals surface area contributed by atoms with Gasteiger partial charge in [0.25, 0.3) is 0 Å². The van der Waals surface area contributed by atoms with E-state index in [4.69, 9.17) is 24.4 Å². The van der Waals surface area contributed by atoms with Crippen molar-refractivity contribution < 1.29 is 9.47 Å². The molecule has 2 aromatic carbocycles. The summed E-state index contributed by atoms with van der Waals surface area (Å²) >= 11 is 0. The van der Waals surface area contributed by atoms with Gasteiger partial charge in [-0.05, 0) is 57.5 Å². The predicted molar refractivity (Wildman–Crippen MR) is 162 cm³/mol. The van der Waals surface area contributed by atoms with Crippen LogP contribution in [0.15, 0.2) is 54.9 Å². The van der Waals surface area contributed by atoms with E-state index in [9.17, 15) is 0 Å². The second-order valence-electron chi connectivity index (χ2n) is 11.3. The SMILES string of the molecule is CC(C)N(CCNc1nc(N2CCN(Cc3ccc4c(c3)OCO4)CC2)nc2c1ncn2-c1ccccc1)C(C)C. The lowest BCUT2D eigenvalue weighted by atomic mass is 10.1. The molecule has 2 aliphatic rings. The molecule has 4 heterocycles. The van der Waals surface area contributed by atoms with Crippen molar-refractivity contribution in [1.29, 1.82) is 0 Å². The summed E-state index contributed by atoms with van der Waals surface area (Å²) < 4.78 is 13.1. The van der Waals surface area contributed by atoms with Crippen LogP contribution in [0.4, 0.5) is 11.8 Å². The maximum absolute atomic E-state index is 5.57. The molecular weight excluding hydrogens is 516 g/mol. The molecule has 0 saturated carbocycles. The highest BCUT2D eigenvalue weighted by Crippen LogP contribution is 2.33. The highest BCUT2D eigenvalue weighted by Gasteiger charge is 2.23. The number of benzene rings is 2. The second kappa shape index (κ2) is 11.9. The van der Waals surface area contributed by atoms with E-state index in [0.29, 0.717) is 18.9 Å². The fourth-order valence-corrected chi connectivity index (χ4v) is 5.75. The topological polar surface area (TPSA) is 83.8 Å². The fraction of sp³-hybridized carbons (Fsp3) is 0.452. The van der Waals surface area contributed by atoms with Crippen LogP contribution in [-0.2, 0) is 6.54 Å². The predicted octanol–water partition coefficient (Wildman–Crippen LogP) is 4.40. The number of ether oxygens (including phenoxy) is 2. The Balaban J connectivity index is 1.21. The molecule has 0 amide bonds. The third-order valence-electron chi connectivity index (χ3n) is 7.91. The van der Waals surface area contributed by atoms with Gasteiger partial charge < -0.3 is 19.7 Å². The first-order valence-corrected chi connectivity index (χ1v) is 14.6. The minimum Gasteiger partial charge on any atom is -0.454 e. The third-order valence-corrected chi connectivity index (χ3v) is 7.91. The Labute approximate surface area is 241 Å². The summed E-state index contributed by atoms with van der Waals surface area (Å²) in [4.78, 5) is 22.1. The molecular formula is C31H40N8O2. The van der Waals surface area contributed by atoms with E-state index in [1.54, 1.807) is 0 Å². The Hall–Kier alpha value is -3.89. The molecule has 1 N–H and O–H groups in total. The van der Waals surface area contributed by atoms with Crippen molar-refractivity contribution in [2.75, 3.05) is 56.3 Å². The van der Waals surface area contributed by atoms with Gasteiger partial charge in [0, 0.05) is 63.6 Å². The Morgan fingerprint density at radius 3 is 2.41 bits per heavy atom. The van der Waals surface area contributed by atoms with Crippen molar-refractivity contribution in [2.45, 2.75) is 46.3 Å². The third kappa shape index (κ3) is 5.94. The molecule has 216 valence electrons. The zero-order chi connectivity index (χ0) is 28.3. The number of rotatable bonds is 10. The average Bonchev–Trinajstić information content (AvgIpc) is 3.63. The number of para-hydroxylation sites is 1. The molecule has 0 radical (unpaired) electrons. The fourth-order valence-electron chi connectivity index (χ4n) is 5.75. The van der Waals surface area contributed by atoms with Gasteiger partial charge in [-0.1, -0.05) is 24.3 Å². The summed E-state index contributed by atoms with van der Waals surface area (Å²) in [5, 5.41) is 3.61. The summed E-state index contributed by atoms with van der Waals surface area (Å²) in [5.74, 6) is 3.19. The normalized spacial score (nSPS) is 15.5.